The van der Waals surface area contributed by atoms with Crippen LogP contribution in [0.25, 0.3) is 0 Å². The third-order valence-corrected chi connectivity index (χ3v) is 3.61. The van der Waals surface area contributed by atoms with Crippen molar-refractivity contribution in [2.24, 2.45) is 23.0 Å². The molecule has 0 radical (unpaired) electrons. The molecular weight excluding hydrogens is 208 g/mol. The van der Waals surface area contributed by atoms with E-state index >= 15 is 0 Å². The highest BCUT2D eigenvalue weighted by Gasteiger charge is 2.35. The molecule has 2 N–H and O–H groups in total. The highest BCUT2D eigenvalue weighted by Crippen LogP contribution is 2.29. The first kappa shape index (κ1) is 16.9. The Morgan fingerprint density at radius 2 is 1.24 bits per heavy atom. The Hall–Kier alpha value is -0.0800. The maximum absolute atomic E-state index is 6.30. The van der Waals surface area contributed by atoms with Gasteiger partial charge in [0.15, 0.2) is 0 Å². The number of hydrogen-bond acceptors (Lipinski definition) is 2. The number of hydrogen-bond donors (Lipinski definition) is 1. The van der Waals surface area contributed by atoms with Gasteiger partial charge in [-0.15, -0.1) is 0 Å². The van der Waals surface area contributed by atoms with E-state index in [0.29, 0.717) is 11.8 Å². The van der Waals surface area contributed by atoms with E-state index in [0.717, 1.165) is 19.6 Å². The lowest BCUT2D eigenvalue weighted by atomic mass is 9.74. The fourth-order valence-electron chi connectivity index (χ4n) is 2.00. The van der Waals surface area contributed by atoms with E-state index in [-0.39, 0.29) is 11.0 Å². The smallest absolute Gasteiger partial charge is 0.0161 e. The monoisotopic (exact) mass is 242 g/mol. The second-order valence-corrected chi connectivity index (χ2v) is 7.59. The average Bonchev–Trinajstić information content (AvgIpc) is 1.96. The molecule has 0 heterocycles. The quantitative estimate of drug-likeness (QED) is 0.742. The highest BCUT2D eigenvalue weighted by atomic mass is 15.1. The minimum atomic E-state index is -0.140. The fraction of sp³-hybridized carbons (Fsp3) is 1.00. The lowest BCUT2D eigenvalue weighted by Crippen LogP contribution is -2.53. The van der Waals surface area contributed by atoms with Crippen LogP contribution in [0.2, 0.25) is 0 Å². The van der Waals surface area contributed by atoms with Gasteiger partial charge in [-0.3, -0.25) is 0 Å². The minimum absolute atomic E-state index is 0.136. The molecule has 2 heteroatoms. The first-order chi connectivity index (χ1) is 7.45. The number of nitrogens with two attached hydrogens (primary N) is 1. The molecule has 17 heavy (non-hydrogen) atoms. The van der Waals surface area contributed by atoms with Gasteiger partial charge in [0.2, 0.25) is 0 Å². The zero-order chi connectivity index (χ0) is 13.9. The summed E-state index contributed by atoms with van der Waals surface area (Å²) < 4.78 is 0. The molecule has 0 atom stereocenters. The van der Waals surface area contributed by atoms with Gasteiger partial charge in [0.25, 0.3) is 0 Å². The van der Waals surface area contributed by atoms with Gasteiger partial charge in [-0.1, -0.05) is 41.5 Å². The topological polar surface area (TPSA) is 29.3 Å². The van der Waals surface area contributed by atoms with Gasteiger partial charge < -0.3 is 10.6 Å². The molecule has 0 aromatic heterocycles. The van der Waals surface area contributed by atoms with Crippen LogP contribution in [0.15, 0.2) is 0 Å². The van der Waals surface area contributed by atoms with Crippen molar-refractivity contribution in [3.63, 3.8) is 0 Å². The predicted molar refractivity (Wildman–Crippen MR) is 78.2 cm³/mol. The highest BCUT2D eigenvalue weighted by molar-refractivity contribution is 4.92. The maximum Gasteiger partial charge on any atom is 0.0161 e. The van der Waals surface area contributed by atoms with Gasteiger partial charge in [0.05, 0.1) is 0 Å². The van der Waals surface area contributed by atoms with Gasteiger partial charge >= 0.3 is 0 Å². The SMILES string of the molecule is CC(C)CN(CC(C)C)CC(C)(C)C(C)(C)N. The second kappa shape index (κ2) is 6.19. The molecule has 0 aromatic carbocycles. The van der Waals surface area contributed by atoms with Crippen LogP contribution in [0.5, 0.6) is 0 Å². The summed E-state index contributed by atoms with van der Waals surface area (Å²) in [5, 5.41) is 0. The molecule has 0 bridgehead atoms. The summed E-state index contributed by atoms with van der Waals surface area (Å²) in [6, 6.07) is 0. The second-order valence-electron chi connectivity index (χ2n) is 7.59. The van der Waals surface area contributed by atoms with E-state index < -0.39 is 0 Å². The molecule has 0 unspecified atom stereocenters. The van der Waals surface area contributed by atoms with Crippen LogP contribution in [0, 0.1) is 17.3 Å². The molecule has 0 aliphatic rings. The molecule has 2 nitrogen and oxygen atoms in total. The van der Waals surface area contributed by atoms with Crippen LogP contribution in [-0.2, 0) is 0 Å². The summed E-state index contributed by atoms with van der Waals surface area (Å²) in [6.07, 6.45) is 0. The van der Waals surface area contributed by atoms with Crippen LogP contribution < -0.4 is 5.73 Å². The van der Waals surface area contributed by atoms with Crippen molar-refractivity contribution >= 4 is 0 Å². The van der Waals surface area contributed by atoms with Crippen molar-refractivity contribution in [1.82, 2.24) is 4.90 Å². The van der Waals surface area contributed by atoms with Crippen molar-refractivity contribution in [2.75, 3.05) is 19.6 Å². The third-order valence-electron chi connectivity index (χ3n) is 3.61. The lowest BCUT2D eigenvalue weighted by molar-refractivity contribution is 0.0962. The predicted octanol–water partition coefficient (Wildman–Crippen LogP) is 3.36. The number of nitrogens with zero attached hydrogens (tertiary/aromatic N) is 1. The molecule has 0 saturated heterocycles. The van der Waals surface area contributed by atoms with Crippen molar-refractivity contribution in [2.45, 2.75) is 60.9 Å². The largest absolute Gasteiger partial charge is 0.325 e. The average molecular weight is 242 g/mol. The lowest BCUT2D eigenvalue weighted by Gasteiger charge is -2.43. The standard InChI is InChI=1S/C15H34N2/c1-12(2)9-17(10-13(3)4)11-14(5,6)15(7,8)16/h12-13H,9-11,16H2,1-8H3. The Labute approximate surface area is 109 Å². The Kier molecular flexibility index (Phi) is 6.16. The molecule has 0 aromatic rings. The van der Waals surface area contributed by atoms with E-state index in [1.165, 1.54) is 0 Å². The van der Waals surface area contributed by atoms with Gasteiger partial charge in [-0.05, 0) is 31.1 Å². The van der Waals surface area contributed by atoms with E-state index in [2.05, 4.69) is 60.3 Å². The van der Waals surface area contributed by atoms with Crippen LogP contribution in [0.1, 0.15) is 55.4 Å². The van der Waals surface area contributed by atoms with E-state index in [1.54, 1.807) is 0 Å². The molecule has 0 saturated carbocycles. The summed E-state index contributed by atoms with van der Waals surface area (Å²) >= 11 is 0. The molecule has 0 fully saturated rings. The van der Waals surface area contributed by atoms with Gasteiger partial charge in [-0.2, -0.15) is 0 Å². The Balaban J connectivity index is 4.62. The van der Waals surface area contributed by atoms with Gasteiger partial charge in [0, 0.05) is 25.2 Å². The van der Waals surface area contributed by atoms with Gasteiger partial charge in [0.1, 0.15) is 0 Å². The third kappa shape index (κ3) is 6.42. The van der Waals surface area contributed by atoms with Crippen molar-refractivity contribution in [3.8, 4) is 0 Å². The Morgan fingerprint density at radius 1 is 0.882 bits per heavy atom. The van der Waals surface area contributed by atoms with Crippen molar-refractivity contribution < 1.29 is 0 Å². The summed E-state index contributed by atoms with van der Waals surface area (Å²) in [5.74, 6) is 1.43. The molecule has 0 amide bonds. The first-order valence-electron chi connectivity index (χ1n) is 6.97. The maximum atomic E-state index is 6.30. The summed E-state index contributed by atoms with van der Waals surface area (Å²) in [5.41, 5.74) is 6.29. The van der Waals surface area contributed by atoms with Crippen molar-refractivity contribution in [3.05, 3.63) is 0 Å². The Morgan fingerprint density at radius 3 is 1.47 bits per heavy atom. The van der Waals surface area contributed by atoms with Crippen LogP contribution >= 0.6 is 0 Å². The Bertz CT molecular complexity index is 201. The molecule has 0 aliphatic carbocycles. The first-order valence-corrected chi connectivity index (χ1v) is 6.97. The zero-order valence-corrected chi connectivity index (χ0v) is 13.3. The van der Waals surface area contributed by atoms with E-state index in [4.69, 9.17) is 5.73 Å². The normalized spacial score (nSPS) is 14.1. The number of rotatable bonds is 7. The molecule has 0 aliphatic heterocycles. The van der Waals surface area contributed by atoms with Crippen LogP contribution in [0.3, 0.4) is 0 Å². The fourth-order valence-corrected chi connectivity index (χ4v) is 2.00. The minimum Gasteiger partial charge on any atom is -0.325 e. The van der Waals surface area contributed by atoms with Crippen LogP contribution in [0.4, 0.5) is 0 Å². The van der Waals surface area contributed by atoms with Crippen LogP contribution in [-0.4, -0.2) is 30.1 Å². The molecule has 0 rings (SSSR count). The summed E-state index contributed by atoms with van der Waals surface area (Å²) in [4.78, 5) is 2.57. The van der Waals surface area contributed by atoms with Gasteiger partial charge in [-0.25, -0.2) is 0 Å². The summed E-state index contributed by atoms with van der Waals surface area (Å²) in [7, 11) is 0. The van der Waals surface area contributed by atoms with Crippen molar-refractivity contribution in [1.29, 1.82) is 0 Å². The van der Waals surface area contributed by atoms with E-state index in [1.807, 2.05) is 0 Å². The van der Waals surface area contributed by atoms with E-state index in [9.17, 15) is 0 Å². The molecule has 0 spiro atoms. The molecular formula is C15H34N2. The molecule has 104 valence electrons. The summed E-state index contributed by atoms with van der Waals surface area (Å²) in [6.45, 7) is 21.4. The zero-order valence-electron chi connectivity index (χ0n) is 13.3.